The van der Waals surface area contributed by atoms with Crippen LogP contribution in [-0.2, 0) is 16.9 Å². The molecule has 0 unspecified atom stereocenters. The fraction of sp³-hybridized carbons (Fsp3) is 0.227. The lowest BCUT2D eigenvalue weighted by Gasteiger charge is -2.25. The maximum absolute atomic E-state index is 13.3. The van der Waals surface area contributed by atoms with Gasteiger partial charge in [0.25, 0.3) is 5.91 Å². The average molecular weight is 407 g/mol. The number of aromatic nitrogens is 1. The normalized spacial score (nSPS) is 18.8. The van der Waals surface area contributed by atoms with Gasteiger partial charge in [0.15, 0.2) is 0 Å². The monoisotopic (exact) mass is 407 g/mol. The number of rotatable bonds is 6. The van der Waals surface area contributed by atoms with Crippen molar-refractivity contribution in [2.45, 2.75) is 25.4 Å². The zero-order chi connectivity index (χ0) is 20.4. The van der Waals surface area contributed by atoms with Crippen LogP contribution >= 0.6 is 11.3 Å². The van der Waals surface area contributed by atoms with E-state index in [1.54, 1.807) is 19.2 Å². The highest BCUT2D eigenvalue weighted by Crippen LogP contribution is 2.34. The van der Waals surface area contributed by atoms with Crippen molar-refractivity contribution >= 4 is 23.3 Å². The van der Waals surface area contributed by atoms with Crippen LogP contribution in [0.3, 0.4) is 0 Å². The molecule has 3 aromatic rings. The van der Waals surface area contributed by atoms with Crippen molar-refractivity contribution in [1.29, 1.82) is 0 Å². The van der Waals surface area contributed by atoms with Gasteiger partial charge in [0.1, 0.15) is 16.3 Å². The van der Waals surface area contributed by atoms with Gasteiger partial charge in [-0.2, -0.15) is 0 Å². The largest absolute Gasteiger partial charge is 0.497 e. The second-order valence-electron chi connectivity index (χ2n) is 6.82. The van der Waals surface area contributed by atoms with Gasteiger partial charge in [-0.25, -0.2) is 9.78 Å². The first-order valence-electron chi connectivity index (χ1n) is 9.36. The minimum absolute atomic E-state index is 0.145. The highest BCUT2D eigenvalue weighted by molar-refractivity contribution is 7.13. The Bertz CT molecular complexity index is 1030. The van der Waals surface area contributed by atoms with E-state index in [4.69, 9.17) is 4.74 Å². The van der Waals surface area contributed by atoms with E-state index < -0.39 is 11.6 Å². The molecule has 2 heterocycles. The quantitative estimate of drug-likeness (QED) is 0.623. The second-order valence-corrected chi connectivity index (χ2v) is 7.68. The Morgan fingerprint density at radius 1 is 1.10 bits per heavy atom. The van der Waals surface area contributed by atoms with Gasteiger partial charge in [-0.3, -0.25) is 9.69 Å². The summed E-state index contributed by atoms with van der Waals surface area (Å²) in [6.07, 6.45) is 0.451. The van der Waals surface area contributed by atoms with Gasteiger partial charge in [-0.05, 0) is 24.1 Å². The van der Waals surface area contributed by atoms with Crippen LogP contribution in [0.5, 0.6) is 5.75 Å². The van der Waals surface area contributed by atoms with Crippen LogP contribution in [0.25, 0.3) is 10.6 Å². The van der Waals surface area contributed by atoms with Crippen LogP contribution in [0, 0.1) is 0 Å². The van der Waals surface area contributed by atoms with Crippen LogP contribution in [0.1, 0.15) is 24.6 Å². The minimum atomic E-state index is -1.07. The average Bonchev–Trinajstić information content (AvgIpc) is 3.33. The number of thiazole rings is 1. The Labute approximate surface area is 173 Å². The van der Waals surface area contributed by atoms with Crippen molar-refractivity contribution < 1.29 is 14.3 Å². The number of nitrogens with one attached hydrogen (secondary N) is 1. The molecule has 1 saturated heterocycles. The smallest absolute Gasteiger partial charge is 0.325 e. The molecule has 1 aromatic heterocycles. The molecule has 0 saturated carbocycles. The molecule has 1 aliphatic heterocycles. The van der Waals surface area contributed by atoms with Gasteiger partial charge >= 0.3 is 6.03 Å². The third-order valence-electron chi connectivity index (χ3n) is 5.18. The van der Waals surface area contributed by atoms with Crippen molar-refractivity contribution in [2.24, 2.45) is 0 Å². The molecule has 3 amide bonds. The van der Waals surface area contributed by atoms with E-state index >= 15 is 0 Å². The first kappa shape index (κ1) is 19.1. The fourth-order valence-electron chi connectivity index (χ4n) is 3.54. The van der Waals surface area contributed by atoms with Gasteiger partial charge in [0.2, 0.25) is 0 Å². The Balaban J connectivity index is 1.58. The highest BCUT2D eigenvalue weighted by Gasteiger charge is 2.51. The topological polar surface area (TPSA) is 71.5 Å². The maximum Gasteiger partial charge on any atom is 0.325 e. The summed E-state index contributed by atoms with van der Waals surface area (Å²) in [5, 5.41) is 5.66. The predicted molar refractivity (Wildman–Crippen MR) is 112 cm³/mol. The molecular weight excluding hydrogens is 386 g/mol. The SMILES string of the molecule is CC[C@]1(c2ccc(OC)cc2)NC(=O)N(Cc2csc(-c3ccccc3)n2)C1=O. The summed E-state index contributed by atoms with van der Waals surface area (Å²) in [7, 11) is 1.59. The number of hydrogen-bond donors (Lipinski definition) is 1. The molecule has 2 aromatic carbocycles. The molecular formula is C22H21N3O3S. The number of methoxy groups -OCH3 is 1. The summed E-state index contributed by atoms with van der Waals surface area (Å²) in [6, 6.07) is 16.7. The molecule has 7 heteroatoms. The lowest BCUT2D eigenvalue weighted by atomic mass is 9.87. The zero-order valence-electron chi connectivity index (χ0n) is 16.2. The van der Waals surface area contributed by atoms with E-state index in [0.717, 1.165) is 16.1 Å². The molecule has 1 aliphatic rings. The Kier molecular flexibility index (Phi) is 5.07. The van der Waals surface area contributed by atoms with Crippen molar-refractivity contribution in [3.63, 3.8) is 0 Å². The number of ether oxygens (including phenoxy) is 1. The minimum Gasteiger partial charge on any atom is -0.497 e. The number of benzene rings is 2. The molecule has 0 radical (unpaired) electrons. The number of hydrogen-bond acceptors (Lipinski definition) is 5. The van der Waals surface area contributed by atoms with Crippen LogP contribution in [0.4, 0.5) is 4.79 Å². The standard InChI is InChI=1S/C22H21N3O3S/c1-3-22(16-9-11-18(28-2)12-10-16)20(26)25(21(27)24-22)13-17-14-29-19(23-17)15-7-5-4-6-8-15/h4-12,14H,3,13H2,1-2H3,(H,24,27)/t22-/m1/s1. The van der Waals surface area contributed by atoms with Crippen molar-refractivity contribution in [2.75, 3.05) is 7.11 Å². The van der Waals surface area contributed by atoms with Gasteiger partial charge in [0.05, 0.1) is 19.3 Å². The molecule has 148 valence electrons. The molecule has 4 rings (SSSR count). The molecule has 1 N–H and O–H groups in total. The summed E-state index contributed by atoms with van der Waals surface area (Å²) < 4.78 is 5.20. The maximum atomic E-state index is 13.3. The van der Waals surface area contributed by atoms with Gasteiger partial charge in [-0.1, -0.05) is 49.4 Å². The summed E-state index contributed by atoms with van der Waals surface area (Å²) in [6.45, 7) is 2.04. The Morgan fingerprint density at radius 2 is 1.83 bits per heavy atom. The number of amides is 3. The van der Waals surface area contributed by atoms with Crippen LogP contribution in [0.15, 0.2) is 60.0 Å². The summed E-state index contributed by atoms with van der Waals surface area (Å²) in [4.78, 5) is 31.8. The number of nitrogens with zero attached hydrogens (tertiary/aromatic N) is 2. The number of imide groups is 1. The second kappa shape index (κ2) is 7.67. The van der Waals surface area contributed by atoms with E-state index in [0.29, 0.717) is 17.9 Å². The van der Waals surface area contributed by atoms with Crippen LogP contribution < -0.4 is 10.1 Å². The molecule has 0 spiro atoms. The zero-order valence-corrected chi connectivity index (χ0v) is 17.0. The highest BCUT2D eigenvalue weighted by atomic mass is 32.1. The summed E-state index contributed by atoms with van der Waals surface area (Å²) in [5.74, 6) is 0.439. The lowest BCUT2D eigenvalue weighted by molar-refractivity contribution is -0.132. The molecule has 6 nitrogen and oxygen atoms in total. The van der Waals surface area contributed by atoms with E-state index in [9.17, 15) is 9.59 Å². The third kappa shape index (κ3) is 3.38. The fourth-order valence-corrected chi connectivity index (χ4v) is 4.36. The predicted octanol–water partition coefficient (Wildman–Crippen LogP) is 4.18. The van der Waals surface area contributed by atoms with Gasteiger partial charge in [0, 0.05) is 10.9 Å². The van der Waals surface area contributed by atoms with Crippen molar-refractivity contribution in [3.05, 3.63) is 71.2 Å². The Hall–Kier alpha value is -3.19. The molecule has 0 bridgehead atoms. The third-order valence-corrected chi connectivity index (χ3v) is 6.12. The van der Waals surface area contributed by atoms with Crippen molar-refractivity contribution in [3.8, 4) is 16.3 Å². The van der Waals surface area contributed by atoms with Gasteiger partial charge < -0.3 is 10.1 Å². The molecule has 0 aliphatic carbocycles. The van der Waals surface area contributed by atoms with Crippen LogP contribution in [-0.4, -0.2) is 28.9 Å². The summed E-state index contributed by atoms with van der Waals surface area (Å²) in [5.41, 5.74) is 1.38. The van der Waals surface area contributed by atoms with Crippen LogP contribution in [0.2, 0.25) is 0 Å². The lowest BCUT2D eigenvalue weighted by Crippen LogP contribution is -2.43. The molecule has 1 fully saturated rings. The van der Waals surface area contributed by atoms with E-state index in [-0.39, 0.29) is 12.5 Å². The molecule has 29 heavy (non-hydrogen) atoms. The number of carbonyl (C=O) groups excluding carboxylic acids is 2. The summed E-state index contributed by atoms with van der Waals surface area (Å²) >= 11 is 1.50. The van der Waals surface area contributed by atoms with E-state index in [1.165, 1.54) is 16.2 Å². The molecule has 1 atom stereocenters. The van der Waals surface area contributed by atoms with E-state index in [1.807, 2.05) is 54.8 Å². The Morgan fingerprint density at radius 3 is 2.48 bits per heavy atom. The van der Waals surface area contributed by atoms with E-state index in [2.05, 4.69) is 10.3 Å². The number of carbonyl (C=O) groups is 2. The first-order chi connectivity index (χ1) is 14.1. The van der Waals surface area contributed by atoms with Gasteiger partial charge in [-0.15, -0.1) is 11.3 Å². The van der Waals surface area contributed by atoms with Crippen molar-refractivity contribution in [1.82, 2.24) is 15.2 Å². The first-order valence-corrected chi connectivity index (χ1v) is 10.2. The number of urea groups is 1.